The third kappa shape index (κ3) is 5.19. The fourth-order valence-electron chi connectivity index (χ4n) is 5.68. The molecule has 5 rings (SSSR count). The molecule has 6 nitrogen and oxygen atoms in total. The average Bonchev–Trinajstić information content (AvgIpc) is 3.35. The van der Waals surface area contributed by atoms with Crippen molar-refractivity contribution in [3.05, 3.63) is 102 Å². The Morgan fingerprint density at radius 3 is 2.50 bits per heavy atom. The largest absolute Gasteiger partial charge is 0.361 e. The molecule has 2 amide bonds. The van der Waals surface area contributed by atoms with E-state index in [4.69, 9.17) is 0 Å². The summed E-state index contributed by atoms with van der Waals surface area (Å²) in [5.41, 5.74) is 1.14. The van der Waals surface area contributed by atoms with E-state index in [1.165, 1.54) is 24.6 Å². The van der Waals surface area contributed by atoms with Gasteiger partial charge < -0.3 is 15.6 Å². The van der Waals surface area contributed by atoms with Gasteiger partial charge in [0.15, 0.2) is 0 Å². The summed E-state index contributed by atoms with van der Waals surface area (Å²) in [6.45, 7) is 2.12. The molecule has 1 atom stereocenters. The first-order chi connectivity index (χ1) is 18.4. The average molecular weight is 513 g/mol. The zero-order chi connectivity index (χ0) is 26.6. The van der Waals surface area contributed by atoms with Gasteiger partial charge in [-0.3, -0.25) is 14.6 Å². The van der Waals surface area contributed by atoms with Gasteiger partial charge >= 0.3 is 0 Å². The number of para-hydroxylation sites is 1. The lowest BCUT2D eigenvalue weighted by molar-refractivity contribution is -0.127. The number of nitrogens with one attached hydrogen (secondary N) is 3. The Morgan fingerprint density at radius 1 is 1.00 bits per heavy atom. The predicted octanol–water partition coefficient (Wildman–Crippen LogP) is 5.45. The van der Waals surface area contributed by atoms with E-state index in [2.05, 4.69) is 20.6 Å². The molecule has 7 heteroatoms. The molecule has 38 heavy (non-hydrogen) atoms. The number of rotatable bonds is 8. The molecular formula is C31H33FN4O2. The van der Waals surface area contributed by atoms with Crippen LogP contribution in [0.4, 0.5) is 4.39 Å². The van der Waals surface area contributed by atoms with Crippen LogP contribution in [0.1, 0.15) is 60.6 Å². The second-order valence-corrected chi connectivity index (χ2v) is 10.5. The predicted molar refractivity (Wildman–Crippen MR) is 146 cm³/mol. The van der Waals surface area contributed by atoms with Crippen LogP contribution >= 0.6 is 0 Å². The summed E-state index contributed by atoms with van der Waals surface area (Å²) >= 11 is 0. The van der Waals surface area contributed by atoms with E-state index in [1.54, 1.807) is 19.2 Å². The number of hydrogen-bond donors (Lipinski definition) is 3. The molecule has 3 N–H and O–H groups in total. The van der Waals surface area contributed by atoms with Crippen molar-refractivity contribution in [1.82, 2.24) is 20.6 Å². The molecule has 1 aliphatic rings. The molecule has 1 unspecified atom stereocenters. The van der Waals surface area contributed by atoms with Crippen LogP contribution in [0.3, 0.4) is 0 Å². The van der Waals surface area contributed by atoms with E-state index in [1.807, 2.05) is 48.7 Å². The van der Waals surface area contributed by atoms with Crippen molar-refractivity contribution in [1.29, 1.82) is 0 Å². The summed E-state index contributed by atoms with van der Waals surface area (Å²) in [7, 11) is 0. The molecule has 0 radical (unpaired) electrons. The number of carbonyl (C=O) groups is 2. The van der Waals surface area contributed by atoms with Crippen LogP contribution in [0.2, 0.25) is 0 Å². The first kappa shape index (κ1) is 25.6. The number of H-pyrrole nitrogens is 1. The van der Waals surface area contributed by atoms with Gasteiger partial charge in [-0.2, -0.15) is 0 Å². The Labute approximate surface area is 222 Å². The van der Waals surface area contributed by atoms with Gasteiger partial charge in [0.2, 0.25) is 5.91 Å². The highest BCUT2D eigenvalue weighted by Crippen LogP contribution is 2.38. The van der Waals surface area contributed by atoms with E-state index in [9.17, 15) is 14.0 Å². The molecule has 1 saturated carbocycles. The molecule has 2 aromatic carbocycles. The van der Waals surface area contributed by atoms with Crippen LogP contribution in [-0.2, 0) is 16.6 Å². The number of benzene rings is 2. The monoisotopic (exact) mass is 512 g/mol. The number of nitrogens with zero attached hydrogens (tertiary/aromatic N) is 1. The highest BCUT2D eigenvalue weighted by molar-refractivity contribution is 5.99. The van der Waals surface area contributed by atoms with Gasteiger partial charge in [0.05, 0.1) is 5.56 Å². The minimum Gasteiger partial charge on any atom is -0.361 e. The van der Waals surface area contributed by atoms with Crippen molar-refractivity contribution in [3.63, 3.8) is 0 Å². The van der Waals surface area contributed by atoms with Crippen molar-refractivity contribution in [2.24, 2.45) is 0 Å². The number of aromatic amines is 1. The van der Waals surface area contributed by atoms with Crippen molar-refractivity contribution in [2.75, 3.05) is 6.54 Å². The molecule has 0 spiro atoms. The van der Waals surface area contributed by atoms with Gasteiger partial charge in [-0.25, -0.2) is 4.39 Å². The standard InChI is InChI=1S/C31H33FN4O2/c1-30(36-28(37)24-12-3-5-13-25(24)32,19-22-20-34-26-14-6-4-11-23(22)26)29(38)35-21-31(16-8-2-9-17-31)27-15-7-10-18-33-27/h3-7,10-15,18,20,34H,2,8-9,16-17,19,21H2,1H3,(H,35,38)(H,36,37). The maximum Gasteiger partial charge on any atom is 0.255 e. The Morgan fingerprint density at radius 2 is 1.74 bits per heavy atom. The second-order valence-electron chi connectivity index (χ2n) is 10.5. The fourth-order valence-corrected chi connectivity index (χ4v) is 5.68. The fraction of sp³-hybridized carbons (Fsp3) is 0.323. The summed E-state index contributed by atoms with van der Waals surface area (Å²) in [6, 6.07) is 19.5. The summed E-state index contributed by atoms with van der Waals surface area (Å²) in [6.07, 6.45) is 9.08. The Hall–Kier alpha value is -4.00. The Balaban J connectivity index is 1.44. The lowest BCUT2D eigenvalue weighted by Crippen LogP contribution is -2.60. The van der Waals surface area contributed by atoms with Crippen molar-refractivity contribution >= 4 is 22.7 Å². The maximum absolute atomic E-state index is 14.5. The molecule has 196 valence electrons. The summed E-state index contributed by atoms with van der Waals surface area (Å²) in [5, 5.41) is 7.02. The van der Waals surface area contributed by atoms with Gasteiger partial charge in [-0.05, 0) is 55.7 Å². The topological polar surface area (TPSA) is 86.9 Å². The summed E-state index contributed by atoms with van der Waals surface area (Å²) in [5.74, 6) is -1.57. The van der Waals surface area contributed by atoms with Crippen LogP contribution in [0.25, 0.3) is 10.9 Å². The first-order valence-corrected chi connectivity index (χ1v) is 13.2. The molecule has 1 aliphatic carbocycles. The Kier molecular flexibility index (Phi) is 7.27. The van der Waals surface area contributed by atoms with Crippen molar-refractivity contribution in [3.8, 4) is 0 Å². The van der Waals surface area contributed by atoms with E-state index in [-0.39, 0.29) is 23.3 Å². The van der Waals surface area contributed by atoms with Gasteiger partial charge in [0.1, 0.15) is 11.4 Å². The number of hydrogen-bond acceptors (Lipinski definition) is 3. The molecule has 4 aromatic rings. The normalized spacial score (nSPS) is 16.5. The number of aromatic nitrogens is 2. The van der Waals surface area contributed by atoms with Gasteiger partial charge in [0.25, 0.3) is 5.91 Å². The zero-order valence-corrected chi connectivity index (χ0v) is 21.6. The second kappa shape index (κ2) is 10.8. The molecule has 0 aliphatic heterocycles. The van der Waals surface area contributed by atoms with Gasteiger partial charge in [-0.15, -0.1) is 0 Å². The van der Waals surface area contributed by atoms with E-state index in [0.717, 1.165) is 47.8 Å². The Bertz CT molecular complexity index is 1430. The molecule has 2 heterocycles. The summed E-state index contributed by atoms with van der Waals surface area (Å²) < 4.78 is 14.5. The van der Waals surface area contributed by atoms with Crippen LogP contribution in [0, 0.1) is 5.82 Å². The molecule has 2 aromatic heterocycles. The minimum absolute atomic E-state index is 0.0947. The first-order valence-electron chi connectivity index (χ1n) is 13.2. The number of halogens is 1. The third-order valence-corrected chi connectivity index (χ3v) is 7.83. The SMILES string of the molecule is CC(Cc1c[nH]c2ccccc12)(NC(=O)c1ccccc1F)C(=O)NCC1(c2ccccn2)CCCCC1. The quantitative estimate of drug-likeness (QED) is 0.293. The van der Waals surface area contributed by atoms with Gasteiger partial charge in [0, 0.05) is 47.4 Å². The smallest absolute Gasteiger partial charge is 0.255 e. The molecular weight excluding hydrogens is 479 g/mol. The van der Waals surface area contributed by atoms with E-state index in [0.29, 0.717) is 6.54 Å². The molecule has 0 saturated heterocycles. The van der Waals surface area contributed by atoms with Crippen LogP contribution in [-0.4, -0.2) is 33.9 Å². The number of amides is 2. The minimum atomic E-state index is -1.33. The highest BCUT2D eigenvalue weighted by Gasteiger charge is 2.40. The van der Waals surface area contributed by atoms with Crippen molar-refractivity contribution in [2.45, 2.75) is 56.4 Å². The van der Waals surface area contributed by atoms with Crippen LogP contribution in [0.15, 0.2) is 79.1 Å². The number of fused-ring (bicyclic) bond motifs is 1. The maximum atomic E-state index is 14.5. The van der Waals surface area contributed by atoms with E-state index >= 15 is 0 Å². The lowest BCUT2D eigenvalue weighted by atomic mass is 9.71. The van der Waals surface area contributed by atoms with E-state index < -0.39 is 17.3 Å². The van der Waals surface area contributed by atoms with Gasteiger partial charge in [-0.1, -0.05) is 55.7 Å². The molecule has 0 bridgehead atoms. The lowest BCUT2D eigenvalue weighted by Gasteiger charge is -2.38. The number of carbonyl (C=O) groups excluding carboxylic acids is 2. The number of pyridine rings is 1. The zero-order valence-electron chi connectivity index (χ0n) is 21.6. The van der Waals surface area contributed by atoms with Crippen LogP contribution < -0.4 is 10.6 Å². The third-order valence-electron chi connectivity index (χ3n) is 7.83. The van der Waals surface area contributed by atoms with Crippen LogP contribution in [0.5, 0.6) is 0 Å². The highest BCUT2D eigenvalue weighted by atomic mass is 19.1. The summed E-state index contributed by atoms with van der Waals surface area (Å²) in [4.78, 5) is 35.0. The van der Waals surface area contributed by atoms with Crippen molar-refractivity contribution < 1.29 is 14.0 Å². The molecule has 1 fully saturated rings.